The second-order valence-corrected chi connectivity index (χ2v) is 13.2. The van der Waals surface area contributed by atoms with Gasteiger partial charge in [0.1, 0.15) is 6.10 Å². The first-order valence-electron chi connectivity index (χ1n) is 14.3. The maximum Gasteiger partial charge on any atom is 0.166 e. The number of phenols is 1. The number of hydrogen-bond donors (Lipinski definition) is 1. The molecule has 3 aliphatic heterocycles. The number of ether oxygens (including phenoxy) is 1. The van der Waals surface area contributed by atoms with E-state index in [4.69, 9.17) is 27.9 Å². The Labute approximate surface area is 245 Å². The zero-order valence-electron chi connectivity index (χ0n) is 22.6. The lowest BCUT2D eigenvalue weighted by Crippen LogP contribution is -2.66. The molecule has 1 saturated heterocycles. The quantitative estimate of drug-likeness (QED) is 0.402. The van der Waals surface area contributed by atoms with Crippen molar-refractivity contribution in [1.82, 2.24) is 14.7 Å². The summed E-state index contributed by atoms with van der Waals surface area (Å²) in [5, 5.41) is 12.5. The summed E-state index contributed by atoms with van der Waals surface area (Å²) in [5.74, 6) is 1.47. The van der Waals surface area contributed by atoms with Crippen molar-refractivity contribution in [3.05, 3.63) is 104 Å². The van der Waals surface area contributed by atoms with Gasteiger partial charge in [0.05, 0.1) is 12.4 Å². The third-order valence-corrected chi connectivity index (χ3v) is 10.6. The second-order valence-electron chi connectivity index (χ2n) is 12.4. The average Bonchev–Trinajstić information content (AvgIpc) is 3.27. The van der Waals surface area contributed by atoms with Crippen molar-refractivity contribution in [3.63, 3.8) is 0 Å². The first-order valence-corrected chi connectivity index (χ1v) is 15.1. The number of piperidine rings is 1. The first-order chi connectivity index (χ1) is 19.4. The molecule has 0 radical (unpaired) electrons. The summed E-state index contributed by atoms with van der Waals surface area (Å²) in [6, 6.07) is 20.9. The van der Waals surface area contributed by atoms with Gasteiger partial charge in [0, 0.05) is 46.7 Å². The molecule has 3 aromatic carbocycles. The lowest BCUT2D eigenvalue weighted by Gasteiger charge is -2.60. The van der Waals surface area contributed by atoms with Crippen molar-refractivity contribution >= 4 is 23.2 Å². The fraction of sp³-hybridized carbons (Fsp3) is 0.394. The summed E-state index contributed by atoms with van der Waals surface area (Å²) in [6.45, 7) is 4.33. The molecule has 5 aliphatic rings. The Hall–Kier alpha value is -2.70. The summed E-state index contributed by atoms with van der Waals surface area (Å²) in [6.07, 6.45) is 3.03. The van der Waals surface area contributed by atoms with Crippen LogP contribution in [0.25, 0.3) is 0 Å². The predicted molar refractivity (Wildman–Crippen MR) is 158 cm³/mol. The van der Waals surface area contributed by atoms with Crippen LogP contribution in [0.5, 0.6) is 11.5 Å². The largest absolute Gasteiger partial charge is 0.504 e. The minimum atomic E-state index is -0.0978. The minimum absolute atomic E-state index is 0.0905. The first kappa shape index (κ1) is 25.0. The van der Waals surface area contributed by atoms with E-state index in [0.717, 1.165) is 67.9 Å². The fourth-order valence-electron chi connectivity index (χ4n) is 8.62. The third kappa shape index (κ3) is 3.68. The van der Waals surface area contributed by atoms with Crippen molar-refractivity contribution < 1.29 is 9.84 Å². The molecular formula is C33H33Cl2N3O2. The van der Waals surface area contributed by atoms with Gasteiger partial charge in [-0.3, -0.25) is 4.90 Å². The normalized spacial score (nSPS) is 28.8. The van der Waals surface area contributed by atoms with Gasteiger partial charge in [0.15, 0.2) is 11.5 Å². The van der Waals surface area contributed by atoms with E-state index < -0.39 is 0 Å². The topological polar surface area (TPSA) is 39.2 Å². The second kappa shape index (κ2) is 9.15. The number of phenolic OH excluding ortho intramolecular Hbond substituents is 1. The van der Waals surface area contributed by atoms with Crippen LogP contribution in [0.3, 0.4) is 0 Å². The molecular weight excluding hydrogens is 541 g/mol. The van der Waals surface area contributed by atoms with Gasteiger partial charge in [0.2, 0.25) is 0 Å². The molecule has 4 atom stereocenters. The van der Waals surface area contributed by atoms with E-state index in [-0.39, 0.29) is 17.3 Å². The van der Waals surface area contributed by atoms with Crippen molar-refractivity contribution in [2.24, 2.45) is 5.92 Å². The van der Waals surface area contributed by atoms with E-state index >= 15 is 0 Å². The van der Waals surface area contributed by atoms with E-state index in [1.165, 1.54) is 33.5 Å². The molecule has 0 amide bonds. The highest BCUT2D eigenvalue weighted by molar-refractivity contribution is 6.30. The maximum atomic E-state index is 11.0. The van der Waals surface area contributed by atoms with Crippen molar-refractivity contribution in [3.8, 4) is 11.5 Å². The Morgan fingerprint density at radius 2 is 1.73 bits per heavy atom. The van der Waals surface area contributed by atoms with Crippen molar-refractivity contribution in [2.75, 3.05) is 26.8 Å². The van der Waals surface area contributed by atoms with Crippen LogP contribution >= 0.6 is 23.2 Å². The molecule has 206 valence electrons. The zero-order chi connectivity index (χ0) is 27.2. The highest BCUT2D eigenvalue weighted by Crippen LogP contribution is 2.65. The molecule has 3 aromatic rings. The number of benzene rings is 3. The molecule has 1 fully saturated rings. The van der Waals surface area contributed by atoms with Crippen LogP contribution in [0.2, 0.25) is 10.0 Å². The number of fused-ring (bicyclic) bond motifs is 1. The summed E-state index contributed by atoms with van der Waals surface area (Å²) in [7, 11) is 2.29. The molecule has 1 N–H and O–H groups in total. The predicted octanol–water partition coefficient (Wildman–Crippen LogP) is 6.21. The monoisotopic (exact) mass is 573 g/mol. The number of rotatable bonds is 4. The summed E-state index contributed by atoms with van der Waals surface area (Å²) >= 11 is 12.8. The molecule has 8 rings (SSSR count). The molecule has 7 heteroatoms. The Morgan fingerprint density at radius 3 is 2.48 bits per heavy atom. The number of aromatic hydroxyl groups is 1. The Morgan fingerprint density at radius 1 is 0.975 bits per heavy atom. The van der Waals surface area contributed by atoms with Gasteiger partial charge in [0.25, 0.3) is 0 Å². The molecule has 1 spiro atoms. The SMILES string of the molecule is CN1CC[C@]23c4c5ccc(O)c4OC2C2=C(C[C@H]3[C@H]1C5)CN(Cc1cccc(Cl)c1)CN2Cc1cccc(Cl)c1. The molecule has 2 bridgehead atoms. The van der Waals surface area contributed by atoms with Crippen LogP contribution in [0.15, 0.2) is 71.9 Å². The summed E-state index contributed by atoms with van der Waals surface area (Å²) in [4.78, 5) is 7.62. The van der Waals surface area contributed by atoms with Crippen molar-refractivity contribution in [1.29, 1.82) is 0 Å². The number of likely N-dealkylation sites (N-methyl/N-ethyl adjacent to an activating group) is 1. The summed E-state index contributed by atoms with van der Waals surface area (Å²) < 4.78 is 6.94. The molecule has 2 aliphatic carbocycles. The van der Waals surface area contributed by atoms with E-state index in [1.807, 2.05) is 30.3 Å². The van der Waals surface area contributed by atoms with Gasteiger partial charge in [-0.05, 0) is 91.4 Å². The maximum absolute atomic E-state index is 11.0. The smallest absolute Gasteiger partial charge is 0.166 e. The highest BCUT2D eigenvalue weighted by Gasteiger charge is 2.66. The van der Waals surface area contributed by atoms with Crippen LogP contribution < -0.4 is 4.74 Å². The molecule has 0 aromatic heterocycles. The van der Waals surface area contributed by atoms with Gasteiger partial charge < -0.3 is 19.6 Å². The van der Waals surface area contributed by atoms with Gasteiger partial charge >= 0.3 is 0 Å². The van der Waals surface area contributed by atoms with E-state index in [2.05, 4.69) is 52.1 Å². The Kier molecular flexibility index (Phi) is 5.73. The molecule has 5 nitrogen and oxygen atoms in total. The van der Waals surface area contributed by atoms with Gasteiger partial charge in [-0.15, -0.1) is 0 Å². The Bertz CT molecular complexity index is 1560. The molecule has 0 saturated carbocycles. The number of nitrogens with zero attached hydrogens (tertiary/aromatic N) is 3. The number of hydrogen-bond acceptors (Lipinski definition) is 5. The lowest BCUT2D eigenvalue weighted by molar-refractivity contribution is -0.0344. The van der Waals surface area contributed by atoms with Crippen molar-refractivity contribution in [2.45, 2.75) is 49.9 Å². The number of likely N-dealkylation sites (tertiary alicyclic amines) is 1. The standard InChI is InChI=1S/C33H33Cl2N3O2/c1-36-11-10-33-26-14-23-18-37(16-20-4-2-6-24(34)12-20)19-38(17-21-5-3-7-25(35)13-21)30(23)32(33)40-31-28(39)9-8-22(29(31)33)15-27(26)36/h2-9,12-13,26-27,32,39H,10-11,14-19H2,1H3/t26-,27+,32?,33-/m0/s1. The van der Waals surface area contributed by atoms with Gasteiger partial charge in [-0.25, -0.2) is 0 Å². The zero-order valence-corrected chi connectivity index (χ0v) is 24.1. The number of halogens is 2. The minimum Gasteiger partial charge on any atom is -0.504 e. The van der Waals surface area contributed by atoms with E-state index in [0.29, 0.717) is 12.0 Å². The van der Waals surface area contributed by atoms with Crippen LogP contribution in [-0.2, 0) is 24.9 Å². The molecule has 40 heavy (non-hydrogen) atoms. The van der Waals surface area contributed by atoms with Gasteiger partial charge in [-0.2, -0.15) is 0 Å². The van der Waals surface area contributed by atoms with Gasteiger partial charge in [-0.1, -0.05) is 53.5 Å². The average molecular weight is 575 g/mol. The van der Waals surface area contributed by atoms with Crippen LogP contribution in [-0.4, -0.2) is 58.8 Å². The van der Waals surface area contributed by atoms with E-state index in [9.17, 15) is 5.11 Å². The third-order valence-electron chi connectivity index (χ3n) is 10.2. The highest BCUT2D eigenvalue weighted by atomic mass is 35.5. The summed E-state index contributed by atoms with van der Waals surface area (Å²) in [5.41, 5.74) is 7.75. The van der Waals surface area contributed by atoms with Crippen LogP contribution in [0.4, 0.5) is 0 Å². The molecule has 1 unspecified atom stereocenters. The Balaban J connectivity index is 1.25. The van der Waals surface area contributed by atoms with E-state index in [1.54, 1.807) is 0 Å². The lowest BCUT2D eigenvalue weighted by atomic mass is 9.51. The van der Waals surface area contributed by atoms with Crippen LogP contribution in [0, 0.1) is 5.92 Å². The molecule has 3 heterocycles. The van der Waals surface area contributed by atoms with Crippen LogP contribution in [0.1, 0.15) is 35.1 Å². The fourth-order valence-corrected chi connectivity index (χ4v) is 9.05.